The summed E-state index contributed by atoms with van der Waals surface area (Å²) in [7, 11) is 0. The first kappa shape index (κ1) is 10.9. The van der Waals surface area contributed by atoms with Crippen molar-refractivity contribution >= 4 is 5.82 Å². The molecule has 0 radical (unpaired) electrons. The summed E-state index contributed by atoms with van der Waals surface area (Å²) in [4.78, 5) is 8.74. The van der Waals surface area contributed by atoms with E-state index >= 15 is 0 Å². The van der Waals surface area contributed by atoms with Gasteiger partial charge in [0.25, 0.3) is 0 Å². The number of hydrogen-bond donors (Lipinski definition) is 2. The van der Waals surface area contributed by atoms with Crippen LogP contribution in [0.25, 0.3) is 0 Å². The molecule has 2 aliphatic rings. The predicted octanol–water partition coefficient (Wildman–Crippen LogP) is 0.713. The molecule has 0 aromatic carbocycles. The molecule has 2 aliphatic heterocycles. The fourth-order valence-electron chi connectivity index (χ4n) is 2.43. The largest absolute Gasteiger partial charge is 0.381 e. The van der Waals surface area contributed by atoms with Gasteiger partial charge in [0, 0.05) is 44.3 Å². The highest BCUT2D eigenvalue weighted by atomic mass is 16.5. The smallest absolute Gasteiger partial charge is 0.134 e. The Kier molecular flexibility index (Phi) is 3.20. The molecule has 3 rings (SSSR count). The Morgan fingerprint density at radius 2 is 2.18 bits per heavy atom. The lowest BCUT2D eigenvalue weighted by atomic mass is 10.1. The number of hydrogen-bond acceptors (Lipinski definition) is 5. The maximum atomic E-state index is 5.36. The Labute approximate surface area is 101 Å². The fourth-order valence-corrected chi connectivity index (χ4v) is 2.43. The molecule has 1 fully saturated rings. The zero-order valence-electron chi connectivity index (χ0n) is 9.91. The summed E-state index contributed by atoms with van der Waals surface area (Å²) < 4.78 is 5.36. The molecule has 3 heterocycles. The van der Waals surface area contributed by atoms with Crippen molar-refractivity contribution < 1.29 is 4.74 Å². The predicted molar refractivity (Wildman–Crippen MR) is 64.9 cm³/mol. The number of anilines is 1. The van der Waals surface area contributed by atoms with Gasteiger partial charge in [0.1, 0.15) is 12.1 Å². The molecule has 0 bridgehead atoms. The van der Waals surface area contributed by atoms with Crippen LogP contribution in [0.4, 0.5) is 5.82 Å². The Bertz CT molecular complexity index is 390. The molecule has 17 heavy (non-hydrogen) atoms. The van der Waals surface area contributed by atoms with Gasteiger partial charge in [-0.05, 0) is 12.8 Å². The summed E-state index contributed by atoms with van der Waals surface area (Å²) in [5.74, 6) is 1.01. The van der Waals surface area contributed by atoms with Crippen LogP contribution in [0.2, 0.25) is 0 Å². The average molecular weight is 234 g/mol. The molecule has 0 unspecified atom stereocenters. The molecule has 1 aromatic heterocycles. The van der Waals surface area contributed by atoms with E-state index in [-0.39, 0.29) is 0 Å². The Morgan fingerprint density at radius 1 is 1.29 bits per heavy atom. The van der Waals surface area contributed by atoms with Crippen LogP contribution in [0, 0.1) is 0 Å². The first-order valence-electron chi connectivity index (χ1n) is 6.31. The summed E-state index contributed by atoms with van der Waals surface area (Å²) in [5, 5.41) is 6.91. The minimum absolute atomic E-state index is 0.490. The summed E-state index contributed by atoms with van der Waals surface area (Å²) in [5.41, 5.74) is 2.43. The number of rotatable bonds is 2. The van der Waals surface area contributed by atoms with Crippen molar-refractivity contribution in [2.45, 2.75) is 31.8 Å². The molecule has 0 amide bonds. The topological polar surface area (TPSA) is 59.1 Å². The standard InChI is InChI=1S/C12H18N4O/c1-4-13-7-10-11(1)14-8-15-12(10)16-9-2-5-17-6-3-9/h8-9,13H,1-7H2,(H,14,15,16). The first-order chi connectivity index (χ1) is 8.43. The van der Waals surface area contributed by atoms with Crippen molar-refractivity contribution in [3.8, 4) is 0 Å². The number of nitrogens with zero attached hydrogens (tertiary/aromatic N) is 2. The second-order valence-electron chi connectivity index (χ2n) is 4.61. The lowest BCUT2D eigenvalue weighted by Crippen LogP contribution is -2.31. The fraction of sp³-hybridized carbons (Fsp3) is 0.667. The molecule has 1 saturated heterocycles. The molecule has 0 spiro atoms. The molecule has 1 aromatic rings. The lowest BCUT2D eigenvalue weighted by molar-refractivity contribution is 0.0903. The molecule has 5 heteroatoms. The highest BCUT2D eigenvalue weighted by Gasteiger charge is 2.19. The van der Waals surface area contributed by atoms with E-state index < -0.39 is 0 Å². The molecular weight excluding hydrogens is 216 g/mol. The van der Waals surface area contributed by atoms with E-state index in [1.54, 1.807) is 6.33 Å². The molecule has 5 nitrogen and oxygen atoms in total. The number of aromatic nitrogens is 2. The minimum Gasteiger partial charge on any atom is -0.381 e. The van der Waals surface area contributed by atoms with Gasteiger partial charge in [-0.1, -0.05) is 0 Å². The van der Waals surface area contributed by atoms with Crippen molar-refractivity contribution in [2.24, 2.45) is 0 Å². The van der Waals surface area contributed by atoms with E-state index in [2.05, 4.69) is 20.6 Å². The minimum atomic E-state index is 0.490. The van der Waals surface area contributed by atoms with Crippen LogP contribution in [0.5, 0.6) is 0 Å². The average Bonchev–Trinajstić information content (AvgIpc) is 2.40. The van der Waals surface area contributed by atoms with Crippen LogP contribution in [0.15, 0.2) is 6.33 Å². The maximum absolute atomic E-state index is 5.36. The third kappa shape index (κ3) is 2.40. The van der Waals surface area contributed by atoms with Gasteiger partial charge in [-0.2, -0.15) is 0 Å². The van der Waals surface area contributed by atoms with Crippen LogP contribution in [0.3, 0.4) is 0 Å². The van der Waals surface area contributed by atoms with Crippen LogP contribution in [0.1, 0.15) is 24.1 Å². The van der Waals surface area contributed by atoms with Crippen molar-refractivity contribution in [3.63, 3.8) is 0 Å². The van der Waals surface area contributed by atoms with Crippen molar-refractivity contribution in [3.05, 3.63) is 17.6 Å². The highest BCUT2D eigenvalue weighted by Crippen LogP contribution is 2.21. The van der Waals surface area contributed by atoms with E-state index in [0.29, 0.717) is 6.04 Å². The number of nitrogens with one attached hydrogen (secondary N) is 2. The molecule has 92 valence electrons. The van der Waals surface area contributed by atoms with Crippen molar-refractivity contribution in [2.75, 3.05) is 25.1 Å². The summed E-state index contributed by atoms with van der Waals surface area (Å²) in [6, 6.07) is 0.490. The second kappa shape index (κ2) is 4.98. The Balaban J connectivity index is 1.77. The molecule has 0 aliphatic carbocycles. The van der Waals surface area contributed by atoms with E-state index in [4.69, 9.17) is 4.74 Å². The van der Waals surface area contributed by atoms with Gasteiger partial charge < -0.3 is 15.4 Å². The van der Waals surface area contributed by atoms with Gasteiger partial charge in [-0.3, -0.25) is 0 Å². The van der Waals surface area contributed by atoms with Gasteiger partial charge in [0.15, 0.2) is 0 Å². The zero-order valence-corrected chi connectivity index (χ0v) is 9.91. The monoisotopic (exact) mass is 234 g/mol. The van der Waals surface area contributed by atoms with Crippen LogP contribution in [-0.4, -0.2) is 35.8 Å². The van der Waals surface area contributed by atoms with E-state index in [0.717, 1.165) is 51.4 Å². The van der Waals surface area contributed by atoms with Crippen LogP contribution in [-0.2, 0) is 17.7 Å². The zero-order chi connectivity index (χ0) is 11.5. The highest BCUT2D eigenvalue weighted by molar-refractivity contribution is 5.47. The van der Waals surface area contributed by atoms with E-state index in [9.17, 15) is 0 Å². The van der Waals surface area contributed by atoms with Crippen LogP contribution >= 0.6 is 0 Å². The number of ether oxygens (including phenoxy) is 1. The quantitative estimate of drug-likeness (QED) is 0.789. The lowest BCUT2D eigenvalue weighted by Gasteiger charge is -2.26. The molecule has 2 N–H and O–H groups in total. The third-order valence-corrected chi connectivity index (χ3v) is 3.44. The SMILES string of the molecule is c1nc2c(c(NC3CCOCC3)n1)CNCC2. The van der Waals surface area contributed by atoms with Gasteiger partial charge in [0.2, 0.25) is 0 Å². The first-order valence-corrected chi connectivity index (χ1v) is 6.31. The van der Waals surface area contributed by atoms with Crippen LogP contribution < -0.4 is 10.6 Å². The molecule has 0 atom stereocenters. The van der Waals surface area contributed by atoms with E-state index in [1.165, 1.54) is 11.3 Å². The second-order valence-corrected chi connectivity index (χ2v) is 4.61. The molecular formula is C12H18N4O. The van der Waals surface area contributed by atoms with Gasteiger partial charge >= 0.3 is 0 Å². The van der Waals surface area contributed by atoms with E-state index in [1.807, 2.05) is 0 Å². The third-order valence-electron chi connectivity index (χ3n) is 3.44. The summed E-state index contributed by atoms with van der Waals surface area (Å²) >= 11 is 0. The molecule has 0 saturated carbocycles. The summed E-state index contributed by atoms with van der Waals surface area (Å²) in [6.07, 6.45) is 4.80. The maximum Gasteiger partial charge on any atom is 0.134 e. The Hall–Kier alpha value is -1.20. The summed E-state index contributed by atoms with van der Waals surface area (Å²) in [6.45, 7) is 3.59. The van der Waals surface area contributed by atoms with Gasteiger partial charge in [-0.15, -0.1) is 0 Å². The van der Waals surface area contributed by atoms with Gasteiger partial charge in [-0.25, -0.2) is 9.97 Å². The van der Waals surface area contributed by atoms with Crippen molar-refractivity contribution in [1.29, 1.82) is 0 Å². The number of fused-ring (bicyclic) bond motifs is 1. The van der Waals surface area contributed by atoms with Gasteiger partial charge in [0.05, 0.1) is 5.69 Å². The Morgan fingerprint density at radius 3 is 3.06 bits per heavy atom. The van der Waals surface area contributed by atoms with Crippen molar-refractivity contribution in [1.82, 2.24) is 15.3 Å². The normalized spacial score (nSPS) is 20.9.